The standard InChI is InChI=1S/C63H49N3/c1-46-28-42-59-60-43-29-47(2)45-62(60)63(61(59)44-46,48-18-8-3-9-19-48)49-30-32-54(33-31-49)66(57-38-34-55(35-39-57)64(50-20-10-4-11-21-50)51-22-12-5-13-23-51)58-40-36-56(37-41-58)65(52-24-14-6-15-25-52)53-26-16-7-17-27-53/h3-45H,1-2H3. The number of hydrogen-bond acceptors (Lipinski definition) is 3. The third kappa shape index (κ3) is 7.21. The van der Waals surface area contributed by atoms with E-state index in [1.54, 1.807) is 0 Å². The number of benzene rings is 10. The summed E-state index contributed by atoms with van der Waals surface area (Å²) in [5.41, 5.74) is 19.5. The number of hydrogen-bond donors (Lipinski definition) is 0. The molecule has 10 aromatic carbocycles. The molecule has 0 aromatic heterocycles. The number of fused-ring (bicyclic) bond motifs is 3. The van der Waals surface area contributed by atoms with E-state index >= 15 is 0 Å². The van der Waals surface area contributed by atoms with Gasteiger partial charge in [0.05, 0.1) is 5.41 Å². The summed E-state index contributed by atoms with van der Waals surface area (Å²) >= 11 is 0. The first-order valence-corrected chi connectivity index (χ1v) is 22.8. The Morgan fingerprint density at radius 1 is 0.242 bits per heavy atom. The highest BCUT2D eigenvalue weighted by atomic mass is 15.2. The van der Waals surface area contributed by atoms with Crippen molar-refractivity contribution in [1.82, 2.24) is 0 Å². The summed E-state index contributed by atoms with van der Waals surface area (Å²) in [6.45, 7) is 4.42. The Labute approximate surface area is 388 Å². The van der Waals surface area contributed by atoms with Crippen LogP contribution in [0.4, 0.5) is 51.2 Å². The van der Waals surface area contributed by atoms with Crippen LogP contribution >= 0.6 is 0 Å². The van der Waals surface area contributed by atoms with E-state index in [-0.39, 0.29) is 0 Å². The van der Waals surface area contributed by atoms with E-state index in [1.807, 2.05) is 0 Å². The van der Waals surface area contributed by atoms with Crippen molar-refractivity contribution < 1.29 is 0 Å². The van der Waals surface area contributed by atoms with Gasteiger partial charge in [0, 0.05) is 51.2 Å². The molecule has 0 aliphatic heterocycles. The van der Waals surface area contributed by atoms with Crippen molar-refractivity contribution in [1.29, 1.82) is 0 Å². The van der Waals surface area contributed by atoms with E-state index in [9.17, 15) is 0 Å². The van der Waals surface area contributed by atoms with Gasteiger partial charge in [0.1, 0.15) is 0 Å². The number of para-hydroxylation sites is 4. The van der Waals surface area contributed by atoms with Crippen LogP contribution in [0.5, 0.6) is 0 Å². The Bertz CT molecular complexity index is 2970. The van der Waals surface area contributed by atoms with Crippen LogP contribution in [0.2, 0.25) is 0 Å². The normalized spacial score (nSPS) is 12.2. The molecule has 0 fully saturated rings. The molecule has 0 unspecified atom stereocenters. The maximum Gasteiger partial charge on any atom is 0.0713 e. The molecule has 0 atom stereocenters. The van der Waals surface area contributed by atoms with Gasteiger partial charge in [0.15, 0.2) is 0 Å². The Morgan fingerprint density at radius 2 is 0.485 bits per heavy atom. The van der Waals surface area contributed by atoms with Crippen LogP contribution in [0.3, 0.4) is 0 Å². The van der Waals surface area contributed by atoms with Crippen LogP contribution in [-0.2, 0) is 5.41 Å². The molecule has 1 aliphatic carbocycles. The molecule has 0 amide bonds. The topological polar surface area (TPSA) is 9.72 Å². The molecule has 0 N–H and O–H groups in total. The van der Waals surface area contributed by atoms with Gasteiger partial charge < -0.3 is 14.7 Å². The van der Waals surface area contributed by atoms with Crippen LogP contribution in [0, 0.1) is 13.8 Å². The van der Waals surface area contributed by atoms with Gasteiger partial charge in [-0.1, -0.05) is 163 Å². The monoisotopic (exact) mass is 847 g/mol. The molecule has 3 nitrogen and oxygen atoms in total. The maximum atomic E-state index is 2.41. The molecule has 1 aliphatic rings. The van der Waals surface area contributed by atoms with Crippen molar-refractivity contribution in [3.63, 3.8) is 0 Å². The predicted octanol–water partition coefficient (Wildman–Crippen LogP) is 17.1. The predicted molar refractivity (Wildman–Crippen MR) is 277 cm³/mol. The molecule has 11 rings (SSSR count). The lowest BCUT2D eigenvalue weighted by Gasteiger charge is -2.35. The lowest BCUT2D eigenvalue weighted by Crippen LogP contribution is -2.28. The fraction of sp³-hybridized carbons (Fsp3) is 0.0476. The minimum atomic E-state index is -0.493. The van der Waals surface area contributed by atoms with Crippen molar-refractivity contribution in [3.8, 4) is 11.1 Å². The van der Waals surface area contributed by atoms with Gasteiger partial charge in [0.2, 0.25) is 0 Å². The number of aryl methyl sites for hydroxylation is 2. The van der Waals surface area contributed by atoms with Gasteiger partial charge in [-0.25, -0.2) is 0 Å². The van der Waals surface area contributed by atoms with E-state index in [2.05, 4.69) is 289 Å². The Morgan fingerprint density at radius 3 is 0.788 bits per heavy atom. The highest BCUT2D eigenvalue weighted by molar-refractivity contribution is 5.88. The minimum absolute atomic E-state index is 0.493. The van der Waals surface area contributed by atoms with Crippen molar-refractivity contribution in [2.45, 2.75) is 19.3 Å². The zero-order chi connectivity index (χ0) is 44.5. The molecule has 66 heavy (non-hydrogen) atoms. The molecule has 3 heteroatoms. The average molecular weight is 848 g/mol. The van der Waals surface area contributed by atoms with E-state index in [1.165, 1.54) is 44.5 Å². The summed E-state index contributed by atoms with van der Waals surface area (Å²) in [6.07, 6.45) is 0. The largest absolute Gasteiger partial charge is 0.311 e. The maximum absolute atomic E-state index is 2.41. The fourth-order valence-corrected chi connectivity index (χ4v) is 10.0. The number of anilines is 9. The van der Waals surface area contributed by atoms with E-state index < -0.39 is 5.41 Å². The Balaban J connectivity index is 1.06. The number of nitrogens with zero attached hydrogens (tertiary/aromatic N) is 3. The first-order valence-electron chi connectivity index (χ1n) is 22.8. The van der Waals surface area contributed by atoms with Crippen LogP contribution in [0.1, 0.15) is 33.4 Å². The summed E-state index contributed by atoms with van der Waals surface area (Å²) in [5, 5.41) is 0. The van der Waals surface area contributed by atoms with Crippen molar-refractivity contribution in [2.75, 3.05) is 14.7 Å². The van der Waals surface area contributed by atoms with Gasteiger partial charge in [-0.3, -0.25) is 0 Å². The van der Waals surface area contributed by atoms with E-state index in [0.29, 0.717) is 0 Å². The Kier molecular flexibility index (Phi) is 10.6. The lowest BCUT2D eigenvalue weighted by atomic mass is 9.67. The zero-order valence-electron chi connectivity index (χ0n) is 37.2. The second-order valence-electron chi connectivity index (χ2n) is 17.1. The highest BCUT2D eigenvalue weighted by Gasteiger charge is 2.46. The summed E-state index contributed by atoms with van der Waals surface area (Å²) in [5.74, 6) is 0. The summed E-state index contributed by atoms with van der Waals surface area (Å²) < 4.78 is 0. The summed E-state index contributed by atoms with van der Waals surface area (Å²) in [6, 6.07) is 94.6. The molecule has 0 saturated carbocycles. The average Bonchev–Trinajstić information content (AvgIpc) is 3.66. The minimum Gasteiger partial charge on any atom is -0.311 e. The molecule has 0 radical (unpaired) electrons. The molecular formula is C63H49N3. The van der Waals surface area contributed by atoms with E-state index in [0.717, 1.165) is 51.2 Å². The third-order valence-electron chi connectivity index (χ3n) is 13.0. The second-order valence-corrected chi connectivity index (χ2v) is 17.1. The zero-order valence-corrected chi connectivity index (χ0v) is 37.2. The second kappa shape index (κ2) is 17.3. The Hall–Kier alpha value is -8.40. The smallest absolute Gasteiger partial charge is 0.0713 e. The first-order chi connectivity index (χ1) is 32.6. The van der Waals surface area contributed by atoms with Gasteiger partial charge >= 0.3 is 0 Å². The molecular weight excluding hydrogens is 799 g/mol. The van der Waals surface area contributed by atoms with Gasteiger partial charge in [0.25, 0.3) is 0 Å². The van der Waals surface area contributed by atoms with Crippen molar-refractivity contribution in [2.24, 2.45) is 0 Å². The van der Waals surface area contributed by atoms with Gasteiger partial charge in [-0.15, -0.1) is 0 Å². The highest BCUT2D eigenvalue weighted by Crippen LogP contribution is 2.57. The lowest BCUT2D eigenvalue weighted by molar-refractivity contribution is 0.766. The van der Waals surface area contributed by atoms with Crippen LogP contribution in [0.25, 0.3) is 11.1 Å². The molecule has 0 spiro atoms. The van der Waals surface area contributed by atoms with Crippen LogP contribution in [-0.4, -0.2) is 0 Å². The molecule has 0 bridgehead atoms. The molecule has 0 heterocycles. The number of rotatable bonds is 11. The molecule has 316 valence electrons. The SMILES string of the molecule is Cc1ccc2c(c1)C(c1ccccc1)(c1ccc(N(c3ccc(N(c4ccccc4)c4ccccc4)cc3)c3ccc(N(c4ccccc4)c4ccccc4)cc3)cc1)c1cc(C)ccc1-2. The molecule has 0 saturated heterocycles. The van der Waals surface area contributed by atoms with Crippen molar-refractivity contribution >= 4 is 51.2 Å². The van der Waals surface area contributed by atoms with Gasteiger partial charge in [-0.2, -0.15) is 0 Å². The first kappa shape index (κ1) is 40.4. The van der Waals surface area contributed by atoms with Crippen molar-refractivity contribution in [3.05, 3.63) is 294 Å². The third-order valence-corrected chi connectivity index (χ3v) is 13.0. The van der Waals surface area contributed by atoms with Crippen LogP contribution < -0.4 is 14.7 Å². The van der Waals surface area contributed by atoms with E-state index in [4.69, 9.17) is 0 Å². The fourth-order valence-electron chi connectivity index (χ4n) is 10.0. The van der Waals surface area contributed by atoms with Crippen LogP contribution in [0.15, 0.2) is 261 Å². The van der Waals surface area contributed by atoms with Gasteiger partial charge in [-0.05, 0) is 156 Å². The summed E-state index contributed by atoms with van der Waals surface area (Å²) in [7, 11) is 0. The molecule has 10 aromatic rings. The summed E-state index contributed by atoms with van der Waals surface area (Å²) in [4.78, 5) is 6.99. The quantitative estimate of drug-likeness (QED) is 0.128.